The van der Waals surface area contributed by atoms with Gasteiger partial charge in [0, 0.05) is 25.0 Å². The third-order valence-electron chi connectivity index (χ3n) is 4.62. The molecule has 0 spiro atoms. The number of nitriles is 1. The molecular weight excluding hydrogens is 354 g/mol. The molecule has 0 aliphatic rings. The second-order valence-electron chi connectivity index (χ2n) is 6.70. The van der Waals surface area contributed by atoms with E-state index in [-0.39, 0.29) is 11.6 Å². The molecule has 1 N–H and O–H groups in total. The number of benzene rings is 1. The van der Waals surface area contributed by atoms with Gasteiger partial charge in [-0.2, -0.15) is 5.26 Å². The maximum atomic E-state index is 12.5. The van der Waals surface area contributed by atoms with Crippen LogP contribution in [0.5, 0.6) is 5.75 Å². The van der Waals surface area contributed by atoms with E-state index in [1.165, 1.54) is 0 Å². The third kappa shape index (κ3) is 5.02. The van der Waals surface area contributed by atoms with E-state index >= 15 is 0 Å². The summed E-state index contributed by atoms with van der Waals surface area (Å²) >= 11 is 0. The minimum atomic E-state index is -0.403. The number of methoxy groups -OCH3 is 2. The number of amides is 1. The van der Waals surface area contributed by atoms with E-state index in [0.717, 1.165) is 28.3 Å². The molecule has 2 rings (SSSR count). The molecule has 0 radical (unpaired) electrons. The van der Waals surface area contributed by atoms with E-state index in [9.17, 15) is 10.1 Å². The second kappa shape index (κ2) is 9.77. The fraction of sp³-hybridized carbons (Fsp3) is 0.364. The van der Waals surface area contributed by atoms with Gasteiger partial charge in [0.05, 0.1) is 19.8 Å². The average molecular weight is 381 g/mol. The molecule has 2 aromatic rings. The zero-order valence-corrected chi connectivity index (χ0v) is 17.1. The lowest BCUT2D eigenvalue weighted by atomic mass is 10.1. The summed E-state index contributed by atoms with van der Waals surface area (Å²) in [7, 11) is 3.27. The van der Waals surface area contributed by atoms with Gasteiger partial charge in [0.15, 0.2) is 0 Å². The van der Waals surface area contributed by atoms with Crippen LogP contribution >= 0.6 is 0 Å². The quantitative estimate of drug-likeness (QED) is 0.560. The van der Waals surface area contributed by atoms with Crippen LogP contribution in [0.4, 0.5) is 0 Å². The summed E-state index contributed by atoms with van der Waals surface area (Å²) in [6, 6.07) is 11.6. The van der Waals surface area contributed by atoms with Crippen molar-refractivity contribution in [3.63, 3.8) is 0 Å². The van der Waals surface area contributed by atoms with Gasteiger partial charge in [0.25, 0.3) is 5.91 Å². The van der Waals surface area contributed by atoms with Crippen LogP contribution in [0.1, 0.15) is 35.5 Å². The molecule has 148 valence electrons. The van der Waals surface area contributed by atoms with E-state index < -0.39 is 5.91 Å². The number of aryl methyl sites for hydroxylation is 1. The summed E-state index contributed by atoms with van der Waals surface area (Å²) in [5, 5.41) is 12.3. The van der Waals surface area contributed by atoms with Crippen molar-refractivity contribution in [2.45, 2.75) is 33.4 Å². The lowest BCUT2D eigenvalue weighted by Gasteiger charge is -2.17. The Labute approximate surface area is 166 Å². The van der Waals surface area contributed by atoms with Crippen molar-refractivity contribution in [1.29, 1.82) is 5.26 Å². The molecule has 6 heteroatoms. The van der Waals surface area contributed by atoms with Gasteiger partial charge in [-0.1, -0.05) is 12.1 Å². The Kier molecular flexibility index (Phi) is 7.42. The number of hydrogen-bond donors (Lipinski definition) is 1. The zero-order valence-electron chi connectivity index (χ0n) is 17.1. The van der Waals surface area contributed by atoms with Gasteiger partial charge in [-0.15, -0.1) is 0 Å². The number of carbonyl (C=O) groups is 1. The van der Waals surface area contributed by atoms with Gasteiger partial charge >= 0.3 is 0 Å². The van der Waals surface area contributed by atoms with Crippen molar-refractivity contribution in [2.24, 2.45) is 0 Å². The van der Waals surface area contributed by atoms with Gasteiger partial charge < -0.3 is 19.4 Å². The number of aromatic nitrogens is 1. The lowest BCUT2D eigenvalue weighted by molar-refractivity contribution is -0.117. The molecule has 1 aromatic carbocycles. The monoisotopic (exact) mass is 381 g/mol. The normalized spacial score (nSPS) is 12.4. The fourth-order valence-electron chi connectivity index (χ4n) is 3.31. The van der Waals surface area contributed by atoms with E-state index in [1.54, 1.807) is 20.3 Å². The number of ether oxygens (including phenoxy) is 2. The van der Waals surface area contributed by atoms with Crippen molar-refractivity contribution in [2.75, 3.05) is 20.8 Å². The number of carbonyl (C=O) groups excluding carboxylic acids is 1. The molecule has 0 aliphatic heterocycles. The Morgan fingerprint density at radius 3 is 2.71 bits per heavy atom. The Morgan fingerprint density at radius 2 is 2.07 bits per heavy atom. The summed E-state index contributed by atoms with van der Waals surface area (Å²) < 4.78 is 12.6. The summed E-state index contributed by atoms with van der Waals surface area (Å²) in [5.74, 6) is 0.320. The molecule has 0 fully saturated rings. The highest BCUT2D eigenvalue weighted by Gasteiger charge is 2.15. The summed E-state index contributed by atoms with van der Waals surface area (Å²) in [6.45, 7) is 6.97. The fourth-order valence-corrected chi connectivity index (χ4v) is 3.31. The maximum Gasteiger partial charge on any atom is 0.262 e. The Balaban J connectivity index is 2.18. The van der Waals surface area contributed by atoms with Gasteiger partial charge in [-0.3, -0.25) is 4.79 Å². The summed E-state index contributed by atoms with van der Waals surface area (Å²) in [6.07, 6.45) is 1.64. The van der Waals surface area contributed by atoms with Crippen LogP contribution in [-0.4, -0.2) is 31.3 Å². The predicted octanol–water partition coefficient (Wildman–Crippen LogP) is 3.54. The molecule has 1 aromatic heterocycles. The van der Waals surface area contributed by atoms with Crippen LogP contribution in [0.2, 0.25) is 0 Å². The van der Waals surface area contributed by atoms with Crippen molar-refractivity contribution in [3.05, 3.63) is 58.4 Å². The smallest absolute Gasteiger partial charge is 0.262 e. The molecule has 28 heavy (non-hydrogen) atoms. The standard InChI is InChI=1S/C22H27N3O3/c1-15-9-19(17(3)25(15)16(2)14-27-4)11-20(12-23)22(26)24-13-18-7-6-8-21(10-18)28-5/h6-11,16H,13-14H2,1-5H3,(H,24,26)/b20-11+. The highest BCUT2D eigenvalue weighted by atomic mass is 16.5. The predicted molar refractivity (Wildman–Crippen MR) is 109 cm³/mol. The summed E-state index contributed by atoms with van der Waals surface area (Å²) in [4.78, 5) is 12.5. The Morgan fingerprint density at radius 1 is 1.32 bits per heavy atom. The van der Waals surface area contributed by atoms with Crippen LogP contribution in [0.15, 0.2) is 35.9 Å². The topological polar surface area (TPSA) is 76.3 Å². The second-order valence-corrected chi connectivity index (χ2v) is 6.70. The van der Waals surface area contributed by atoms with Crippen LogP contribution in [0.25, 0.3) is 6.08 Å². The van der Waals surface area contributed by atoms with Crippen molar-refractivity contribution in [3.8, 4) is 11.8 Å². The maximum absolute atomic E-state index is 12.5. The number of hydrogen-bond acceptors (Lipinski definition) is 4. The molecular formula is C22H27N3O3. The molecule has 1 atom stereocenters. The first-order valence-corrected chi connectivity index (χ1v) is 9.11. The van der Waals surface area contributed by atoms with Crippen LogP contribution < -0.4 is 10.1 Å². The number of rotatable bonds is 8. The van der Waals surface area contributed by atoms with Crippen LogP contribution in [0, 0.1) is 25.2 Å². The van der Waals surface area contributed by atoms with Crippen molar-refractivity contribution < 1.29 is 14.3 Å². The van der Waals surface area contributed by atoms with Crippen molar-refractivity contribution >= 4 is 12.0 Å². The Bertz CT molecular complexity index is 906. The van der Waals surface area contributed by atoms with Gasteiger partial charge in [-0.25, -0.2) is 0 Å². The third-order valence-corrected chi connectivity index (χ3v) is 4.62. The molecule has 1 unspecified atom stereocenters. The zero-order chi connectivity index (χ0) is 20.7. The highest BCUT2D eigenvalue weighted by molar-refractivity contribution is 6.01. The molecule has 0 saturated carbocycles. The van der Waals surface area contributed by atoms with Crippen LogP contribution in [0.3, 0.4) is 0 Å². The number of nitrogens with one attached hydrogen (secondary N) is 1. The van der Waals surface area contributed by atoms with E-state index in [2.05, 4.69) is 16.8 Å². The van der Waals surface area contributed by atoms with Gasteiger partial charge in [0.1, 0.15) is 17.4 Å². The lowest BCUT2D eigenvalue weighted by Crippen LogP contribution is -2.24. The Hall–Kier alpha value is -3.04. The molecule has 0 bridgehead atoms. The largest absolute Gasteiger partial charge is 0.497 e. The molecule has 0 aliphatic carbocycles. The van der Waals surface area contributed by atoms with E-state index in [4.69, 9.17) is 9.47 Å². The van der Waals surface area contributed by atoms with Crippen LogP contribution in [-0.2, 0) is 16.1 Å². The minimum Gasteiger partial charge on any atom is -0.497 e. The average Bonchev–Trinajstić information content (AvgIpc) is 2.97. The minimum absolute atomic E-state index is 0.0718. The molecule has 1 heterocycles. The van der Waals surface area contributed by atoms with Gasteiger partial charge in [-0.05, 0) is 56.2 Å². The van der Waals surface area contributed by atoms with E-state index in [1.807, 2.05) is 50.2 Å². The van der Waals surface area contributed by atoms with E-state index in [0.29, 0.717) is 13.2 Å². The highest BCUT2D eigenvalue weighted by Crippen LogP contribution is 2.23. The number of nitrogens with zero attached hydrogens (tertiary/aromatic N) is 2. The molecule has 6 nitrogen and oxygen atoms in total. The first-order valence-electron chi connectivity index (χ1n) is 9.11. The van der Waals surface area contributed by atoms with Gasteiger partial charge in [0.2, 0.25) is 0 Å². The first kappa shape index (κ1) is 21.3. The molecule has 0 saturated heterocycles. The summed E-state index contributed by atoms with van der Waals surface area (Å²) in [5.41, 5.74) is 3.88. The SMILES string of the molecule is COCC(C)n1c(C)cc(/C=C(\C#N)C(=O)NCc2cccc(OC)c2)c1C. The molecule has 1 amide bonds. The first-order chi connectivity index (χ1) is 13.4. The van der Waals surface area contributed by atoms with Crippen molar-refractivity contribution in [1.82, 2.24) is 9.88 Å².